The SMILES string of the molecule is Cc1cccc2cc(C(O)c3cnc4ccsc4c3)oc12. The zero-order valence-corrected chi connectivity index (χ0v) is 12.2. The number of rotatable bonds is 2. The van der Waals surface area contributed by atoms with Crippen LogP contribution in [-0.2, 0) is 0 Å². The molecule has 1 N–H and O–H groups in total. The van der Waals surface area contributed by atoms with E-state index >= 15 is 0 Å². The van der Waals surface area contributed by atoms with Crippen molar-refractivity contribution in [2.75, 3.05) is 0 Å². The summed E-state index contributed by atoms with van der Waals surface area (Å²) in [5.41, 5.74) is 3.60. The topological polar surface area (TPSA) is 46.3 Å². The van der Waals surface area contributed by atoms with E-state index in [-0.39, 0.29) is 0 Å². The van der Waals surface area contributed by atoms with E-state index in [1.807, 2.05) is 48.7 Å². The van der Waals surface area contributed by atoms with E-state index in [1.165, 1.54) is 0 Å². The summed E-state index contributed by atoms with van der Waals surface area (Å²) in [7, 11) is 0. The maximum absolute atomic E-state index is 10.6. The number of para-hydroxylation sites is 1. The molecule has 0 bridgehead atoms. The predicted octanol–water partition coefficient (Wildman–Crippen LogP) is 4.43. The van der Waals surface area contributed by atoms with Crippen molar-refractivity contribution in [3.8, 4) is 0 Å². The molecule has 0 amide bonds. The minimum absolute atomic E-state index is 0.553. The van der Waals surface area contributed by atoms with Gasteiger partial charge in [-0.1, -0.05) is 18.2 Å². The van der Waals surface area contributed by atoms with Gasteiger partial charge in [-0.05, 0) is 36.1 Å². The molecule has 4 aromatic rings. The Morgan fingerprint density at radius 1 is 1.24 bits per heavy atom. The lowest BCUT2D eigenvalue weighted by Crippen LogP contribution is -1.98. The third-order valence-electron chi connectivity index (χ3n) is 3.67. The highest BCUT2D eigenvalue weighted by Gasteiger charge is 2.17. The standard InChI is InChI=1S/C17H13NO2S/c1-10-3-2-4-11-7-14(20-17(10)11)16(19)12-8-15-13(18-9-12)5-6-21-15/h2-9,16,19H,1H3. The van der Waals surface area contributed by atoms with Gasteiger partial charge in [0.25, 0.3) is 0 Å². The second kappa shape index (κ2) is 4.69. The highest BCUT2D eigenvalue weighted by atomic mass is 32.1. The highest BCUT2D eigenvalue weighted by molar-refractivity contribution is 7.17. The molecule has 0 aliphatic heterocycles. The molecule has 1 atom stereocenters. The molecule has 1 unspecified atom stereocenters. The molecular formula is C17H13NO2S. The van der Waals surface area contributed by atoms with Crippen LogP contribution in [-0.4, -0.2) is 10.1 Å². The lowest BCUT2D eigenvalue weighted by molar-refractivity contribution is 0.192. The quantitative estimate of drug-likeness (QED) is 0.595. The van der Waals surface area contributed by atoms with Crippen molar-refractivity contribution in [3.05, 3.63) is 64.9 Å². The van der Waals surface area contributed by atoms with Crippen LogP contribution in [0.2, 0.25) is 0 Å². The molecule has 3 heterocycles. The fourth-order valence-electron chi connectivity index (χ4n) is 2.54. The van der Waals surface area contributed by atoms with Crippen LogP contribution in [0.4, 0.5) is 0 Å². The van der Waals surface area contributed by atoms with Crippen molar-refractivity contribution in [1.29, 1.82) is 0 Å². The van der Waals surface area contributed by atoms with Gasteiger partial charge in [-0.15, -0.1) is 11.3 Å². The predicted molar refractivity (Wildman–Crippen MR) is 84.6 cm³/mol. The monoisotopic (exact) mass is 295 g/mol. The number of benzene rings is 1. The average Bonchev–Trinajstić information content (AvgIpc) is 3.12. The highest BCUT2D eigenvalue weighted by Crippen LogP contribution is 2.31. The Kier molecular flexibility index (Phi) is 2.80. The van der Waals surface area contributed by atoms with Gasteiger partial charge in [0.05, 0.1) is 10.2 Å². The zero-order chi connectivity index (χ0) is 14.4. The maximum atomic E-state index is 10.6. The Morgan fingerprint density at radius 2 is 2.14 bits per heavy atom. The lowest BCUT2D eigenvalue weighted by atomic mass is 10.1. The van der Waals surface area contributed by atoms with Crippen LogP contribution in [0.25, 0.3) is 21.2 Å². The van der Waals surface area contributed by atoms with Gasteiger partial charge in [-0.25, -0.2) is 0 Å². The van der Waals surface area contributed by atoms with E-state index in [4.69, 9.17) is 4.42 Å². The number of aliphatic hydroxyl groups is 1. The van der Waals surface area contributed by atoms with E-state index in [0.717, 1.165) is 32.3 Å². The molecule has 21 heavy (non-hydrogen) atoms. The van der Waals surface area contributed by atoms with Crippen LogP contribution < -0.4 is 0 Å². The van der Waals surface area contributed by atoms with Gasteiger partial charge in [0.15, 0.2) is 0 Å². The van der Waals surface area contributed by atoms with Crippen LogP contribution >= 0.6 is 11.3 Å². The van der Waals surface area contributed by atoms with Crippen molar-refractivity contribution in [2.24, 2.45) is 0 Å². The number of nitrogens with zero attached hydrogens (tertiary/aromatic N) is 1. The molecule has 1 aromatic carbocycles. The largest absolute Gasteiger partial charge is 0.458 e. The molecule has 3 aromatic heterocycles. The van der Waals surface area contributed by atoms with Gasteiger partial charge < -0.3 is 9.52 Å². The molecular weight excluding hydrogens is 282 g/mol. The molecule has 0 saturated heterocycles. The number of hydrogen-bond acceptors (Lipinski definition) is 4. The Balaban J connectivity index is 1.81. The molecule has 0 aliphatic rings. The Hall–Kier alpha value is -2.17. The molecule has 4 rings (SSSR count). The minimum atomic E-state index is -0.796. The number of fused-ring (bicyclic) bond motifs is 2. The smallest absolute Gasteiger partial charge is 0.138 e. The third-order valence-corrected chi connectivity index (χ3v) is 4.52. The first-order valence-corrected chi connectivity index (χ1v) is 7.60. The van der Waals surface area contributed by atoms with Crippen LogP contribution in [0.1, 0.15) is 23.0 Å². The van der Waals surface area contributed by atoms with Crippen LogP contribution in [0, 0.1) is 6.92 Å². The van der Waals surface area contributed by atoms with Crippen molar-refractivity contribution >= 4 is 32.5 Å². The van der Waals surface area contributed by atoms with E-state index in [1.54, 1.807) is 17.5 Å². The lowest BCUT2D eigenvalue weighted by Gasteiger charge is -2.07. The molecule has 0 saturated carbocycles. The minimum Gasteiger partial charge on any atom is -0.458 e. The number of aliphatic hydroxyl groups excluding tert-OH is 1. The maximum Gasteiger partial charge on any atom is 0.138 e. The fraction of sp³-hybridized carbons (Fsp3) is 0.118. The van der Waals surface area contributed by atoms with Gasteiger partial charge in [0, 0.05) is 17.1 Å². The summed E-state index contributed by atoms with van der Waals surface area (Å²) in [5, 5.41) is 13.6. The summed E-state index contributed by atoms with van der Waals surface area (Å²) >= 11 is 1.62. The van der Waals surface area contributed by atoms with Gasteiger partial charge in [0.2, 0.25) is 0 Å². The summed E-state index contributed by atoms with van der Waals surface area (Å²) in [6, 6.07) is 11.8. The Morgan fingerprint density at radius 3 is 3.00 bits per heavy atom. The number of hydrogen-bond donors (Lipinski definition) is 1. The zero-order valence-electron chi connectivity index (χ0n) is 11.4. The summed E-state index contributed by atoms with van der Waals surface area (Å²) in [5.74, 6) is 0.553. The second-order valence-corrected chi connectivity index (χ2v) is 6.06. The van der Waals surface area contributed by atoms with E-state index in [2.05, 4.69) is 4.98 Å². The average molecular weight is 295 g/mol. The summed E-state index contributed by atoms with van der Waals surface area (Å²) in [4.78, 5) is 4.37. The van der Waals surface area contributed by atoms with Crippen molar-refractivity contribution in [1.82, 2.24) is 4.98 Å². The number of aryl methyl sites for hydroxylation is 1. The Labute approximate surface area is 125 Å². The first-order chi connectivity index (χ1) is 10.2. The summed E-state index contributed by atoms with van der Waals surface area (Å²) in [6.45, 7) is 2.00. The summed E-state index contributed by atoms with van der Waals surface area (Å²) in [6.07, 6.45) is 0.913. The molecule has 0 spiro atoms. The molecule has 0 fully saturated rings. The number of furan rings is 1. The molecule has 104 valence electrons. The number of aromatic nitrogens is 1. The van der Waals surface area contributed by atoms with Crippen LogP contribution in [0.5, 0.6) is 0 Å². The molecule has 0 radical (unpaired) electrons. The van der Waals surface area contributed by atoms with Gasteiger partial charge >= 0.3 is 0 Å². The first-order valence-electron chi connectivity index (χ1n) is 6.72. The van der Waals surface area contributed by atoms with Crippen molar-refractivity contribution in [3.63, 3.8) is 0 Å². The van der Waals surface area contributed by atoms with Crippen LogP contribution in [0.15, 0.2) is 52.4 Å². The normalized spacial score (nSPS) is 13.0. The fourth-order valence-corrected chi connectivity index (χ4v) is 3.33. The number of thiophene rings is 1. The van der Waals surface area contributed by atoms with Crippen molar-refractivity contribution in [2.45, 2.75) is 13.0 Å². The van der Waals surface area contributed by atoms with E-state index in [9.17, 15) is 5.11 Å². The van der Waals surface area contributed by atoms with Gasteiger partial charge in [0.1, 0.15) is 17.4 Å². The molecule has 4 heteroatoms. The van der Waals surface area contributed by atoms with E-state index < -0.39 is 6.10 Å². The first kappa shape index (κ1) is 12.6. The second-order valence-electron chi connectivity index (χ2n) is 5.12. The van der Waals surface area contributed by atoms with Gasteiger partial charge in [-0.2, -0.15) is 0 Å². The molecule has 0 aliphatic carbocycles. The van der Waals surface area contributed by atoms with Crippen molar-refractivity contribution < 1.29 is 9.52 Å². The van der Waals surface area contributed by atoms with Gasteiger partial charge in [-0.3, -0.25) is 4.98 Å². The Bertz CT molecular complexity index is 938. The summed E-state index contributed by atoms with van der Waals surface area (Å²) < 4.78 is 6.90. The molecule has 3 nitrogen and oxygen atoms in total. The number of pyridine rings is 1. The van der Waals surface area contributed by atoms with Crippen LogP contribution in [0.3, 0.4) is 0 Å². The third kappa shape index (κ3) is 2.04. The van der Waals surface area contributed by atoms with E-state index in [0.29, 0.717) is 5.76 Å².